The lowest BCUT2D eigenvalue weighted by Crippen LogP contribution is -2.43. The predicted molar refractivity (Wildman–Crippen MR) is 106 cm³/mol. The van der Waals surface area contributed by atoms with Crippen LogP contribution in [-0.4, -0.2) is 91.2 Å². The van der Waals surface area contributed by atoms with E-state index in [1.807, 2.05) is 6.92 Å². The van der Waals surface area contributed by atoms with Crippen LogP contribution >= 0.6 is 0 Å². The van der Waals surface area contributed by atoms with Gasteiger partial charge in [-0.3, -0.25) is 14.5 Å². The summed E-state index contributed by atoms with van der Waals surface area (Å²) in [5, 5.41) is 3.94. The second-order valence-electron chi connectivity index (χ2n) is 8.30. The van der Waals surface area contributed by atoms with Gasteiger partial charge in [0.1, 0.15) is 0 Å². The number of ether oxygens (including phenoxy) is 1. The van der Waals surface area contributed by atoms with Gasteiger partial charge in [0.15, 0.2) is 11.5 Å². The molecule has 3 saturated heterocycles. The van der Waals surface area contributed by atoms with Gasteiger partial charge in [-0.15, -0.1) is 0 Å². The first-order valence-corrected chi connectivity index (χ1v) is 12.2. The first kappa shape index (κ1) is 21.3. The van der Waals surface area contributed by atoms with Crippen LogP contribution in [0.5, 0.6) is 0 Å². The molecule has 4 heterocycles. The zero-order valence-corrected chi connectivity index (χ0v) is 18.1. The lowest BCUT2D eigenvalue weighted by atomic mass is 9.89. The highest BCUT2D eigenvalue weighted by atomic mass is 32.2. The number of amides is 2. The summed E-state index contributed by atoms with van der Waals surface area (Å²) in [5.74, 6) is -0.581. The molecule has 2 amide bonds. The molecule has 1 aromatic heterocycles. The summed E-state index contributed by atoms with van der Waals surface area (Å²) >= 11 is 0. The van der Waals surface area contributed by atoms with Crippen molar-refractivity contribution in [3.63, 3.8) is 0 Å². The second-order valence-corrected chi connectivity index (χ2v) is 10.2. The molecule has 11 heteroatoms. The predicted octanol–water partition coefficient (Wildman–Crippen LogP) is 0.166. The summed E-state index contributed by atoms with van der Waals surface area (Å²) in [6.45, 7) is 6.00. The van der Waals surface area contributed by atoms with Crippen molar-refractivity contribution in [2.24, 2.45) is 11.8 Å². The molecule has 4 rings (SSSR count). The standard InChI is InChI=1S/C19H28N4O6S/c1-3-4-14-15-11-22(12-17(15)23(18(14)24)30(2,26)27)19(25)16-9-13(29-20-16)10-21-5-7-28-8-6-21/h9,14-15,17H,3-8,10-12H2,1-2H3/t14-,15-,17+/m0/s1. The topological polar surface area (TPSA) is 113 Å². The van der Waals surface area contributed by atoms with E-state index in [0.717, 1.165) is 30.1 Å². The largest absolute Gasteiger partial charge is 0.379 e. The molecule has 0 saturated carbocycles. The minimum Gasteiger partial charge on any atom is -0.379 e. The van der Waals surface area contributed by atoms with Crippen LogP contribution < -0.4 is 0 Å². The molecule has 3 aliphatic rings. The normalized spacial score (nSPS) is 27.7. The third-order valence-electron chi connectivity index (χ3n) is 6.19. The SMILES string of the molecule is CCC[C@@H]1C(=O)N(S(C)(=O)=O)[C@@H]2CN(C(=O)c3cc(CN4CCOCC4)on3)C[C@@H]12. The molecule has 1 aromatic rings. The molecule has 30 heavy (non-hydrogen) atoms. The van der Waals surface area contributed by atoms with Gasteiger partial charge in [-0.2, -0.15) is 0 Å². The highest BCUT2D eigenvalue weighted by molar-refractivity contribution is 7.88. The van der Waals surface area contributed by atoms with Gasteiger partial charge in [-0.1, -0.05) is 18.5 Å². The van der Waals surface area contributed by atoms with Crippen molar-refractivity contribution in [1.29, 1.82) is 0 Å². The van der Waals surface area contributed by atoms with Gasteiger partial charge >= 0.3 is 0 Å². The summed E-state index contributed by atoms with van der Waals surface area (Å²) in [7, 11) is -3.69. The van der Waals surface area contributed by atoms with Crippen molar-refractivity contribution in [2.75, 3.05) is 45.6 Å². The Morgan fingerprint density at radius 1 is 1.27 bits per heavy atom. The smallest absolute Gasteiger partial charge is 0.276 e. The van der Waals surface area contributed by atoms with E-state index in [1.54, 1.807) is 11.0 Å². The number of fused-ring (bicyclic) bond motifs is 1. The number of carbonyl (C=O) groups is 2. The van der Waals surface area contributed by atoms with Gasteiger partial charge in [0.25, 0.3) is 5.91 Å². The van der Waals surface area contributed by atoms with E-state index >= 15 is 0 Å². The average Bonchev–Trinajstić information content (AvgIpc) is 3.38. The van der Waals surface area contributed by atoms with Crippen LogP contribution in [-0.2, 0) is 26.1 Å². The second kappa shape index (κ2) is 8.27. The maximum absolute atomic E-state index is 13.0. The monoisotopic (exact) mass is 440 g/mol. The summed E-state index contributed by atoms with van der Waals surface area (Å²) < 4.78 is 36.2. The molecular formula is C19H28N4O6S. The van der Waals surface area contributed by atoms with E-state index in [2.05, 4.69) is 10.1 Å². The fourth-order valence-electron chi connectivity index (χ4n) is 4.82. The Morgan fingerprint density at radius 2 is 2.00 bits per heavy atom. The first-order valence-electron chi connectivity index (χ1n) is 10.4. The Kier molecular flexibility index (Phi) is 5.86. The maximum atomic E-state index is 13.0. The van der Waals surface area contributed by atoms with Crippen molar-refractivity contribution in [1.82, 2.24) is 19.3 Å². The lowest BCUT2D eigenvalue weighted by Gasteiger charge is -2.25. The molecule has 0 unspecified atom stereocenters. The minimum absolute atomic E-state index is 0.184. The van der Waals surface area contributed by atoms with Gasteiger partial charge in [0.2, 0.25) is 15.9 Å². The number of hydrogen-bond acceptors (Lipinski definition) is 8. The number of sulfonamides is 1. The summed E-state index contributed by atoms with van der Waals surface area (Å²) in [4.78, 5) is 29.5. The lowest BCUT2D eigenvalue weighted by molar-refractivity contribution is -0.128. The molecular weight excluding hydrogens is 412 g/mol. The summed E-state index contributed by atoms with van der Waals surface area (Å²) in [6.07, 6.45) is 2.44. The van der Waals surface area contributed by atoms with Gasteiger partial charge in [0, 0.05) is 44.1 Å². The molecule has 166 valence electrons. The number of hydrogen-bond donors (Lipinski definition) is 0. The number of likely N-dealkylation sites (tertiary alicyclic amines) is 1. The maximum Gasteiger partial charge on any atom is 0.276 e. The highest BCUT2D eigenvalue weighted by Gasteiger charge is 2.55. The van der Waals surface area contributed by atoms with Crippen molar-refractivity contribution in [3.05, 3.63) is 17.5 Å². The number of aromatic nitrogens is 1. The zero-order valence-electron chi connectivity index (χ0n) is 17.3. The van der Waals surface area contributed by atoms with Crippen LogP contribution in [0, 0.1) is 11.8 Å². The van der Waals surface area contributed by atoms with Crippen molar-refractivity contribution in [2.45, 2.75) is 32.4 Å². The molecule has 10 nitrogen and oxygen atoms in total. The average molecular weight is 441 g/mol. The zero-order chi connectivity index (χ0) is 21.5. The number of morpholine rings is 1. The van der Waals surface area contributed by atoms with E-state index in [9.17, 15) is 18.0 Å². The highest BCUT2D eigenvalue weighted by Crippen LogP contribution is 2.40. The Labute approximate surface area is 176 Å². The van der Waals surface area contributed by atoms with Crippen molar-refractivity contribution in [3.8, 4) is 0 Å². The van der Waals surface area contributed by atoms with E-state index in [0.29, 0.717) is 38.5 Å². The van der Waals surface area contributed by atoms with Crippen LogP contribution in [0.4, 0.5) is 0 Å². The molecule has 3 fully saturated rings. The summed E-state index contributed by atoms with van der Waals surface area (Å²) in [5.41, 5.74) is 0.211. The van der Waals surface area contributed by atoms with Gasteiger partial charge in [0.05, 0.1) is 32.1 Å². The van der Waals surface area contributed by atoms with Crippen LogP contribution in [0.3, 0.4) is 0 Å². The summed E-state index contributed by atoms with van der Waals surface area (Å²) in [6, 6.07) is 1.14. The van der Waals surface area contributed by atoms with Crippen molar-refractivity contribution < 1.29 is 27.3 Å². The Balaban J connectivity index is 1.47. The van der Waals surface area contributed by atoms with Crippen LogP contribution in [0.15, 0.2) is 10.6 Å². The molecule has 3 atom stereocenters. The van der Waals surface area contributed by atoms with E-state index in [4.69, 9.17) is 9.26 Å². The number of carbonyl (C=O) groups excluding carboxylic acids is 2. The third kappa shape index (κ3) is 3.97. The van der Waals surface area contributed by atoms with Crippen LogP contribution in [0.2, 0.25) is 0 Å². The number of rotatable bonds is 6. The number of nitrogens with zero attached hydrogens (tertiary/aromatic N) is 4. The van der Waals surface area contributed by atoms with Crippen LogP contribution in [0.1, 0.15) is 36.0 Å². The minimum atomic E-state index is -3.69. The first-order chi connectivity index (χ1) is 14.3. The Morgan fingerprint density at radius 3 is 2.67 bits per heavy atom. The van der Waals surface area contributed by atoms with E-state index < -0.39 is 16.1 Å². The van der Waals surface area contributed by atoms with Crippen molar-refractivity contribution >= 4 is 21.8 Å². The Hall–Kier alpha value is -1.98. The fourth-order valence-corrected chi connectivity index (χ4v) is 6.00. The van der Waals surface area contributed by atoms with Gasteiger partial charge in [-0.05, 0) is 6.42 Å². The molecule has 3 aliphatic heterocycles. The molecule has 0 radical (unpaired) electrons. The molecule has 0 N–H and O–H groups in total. The van der Waals surface area contributed by atoms with Gasteiger partial charge < -0.3 is 14.2 Å². The Bertz CT molecular complexity index is 910. The fraction of sp³-hybridized carbons (Fsp3) is 0.737. The molecule has 0 aromatic carbocycles. The molecule has 0 aliphatic carbocycles. The van der Waals surface area contributed by atoms with E-state index in [-0.39, 0.29) is 35.9 Å². The van der Waals surface area contributed by atoms with E-state index in [1.165, 1.54) is 0 Å². The quantitative estimate of drug-likeness (QED) is 0.615. The molecule has 0 spiro atoms. The molecule has 0 bridgehead atoms. The van der Waals surface area contributed by atoms with Crippen LogP contribution in [0.25, 0.3) is 0 Å². The third-order valence-corrected chi connectivity index (χ3v) is 7.36. The van der Waals surface area contributed by atoms with Gasteiger partial charge in [-0.25, -0.2) is 12.7 Å².